The minimum atomic E-state index is -2.93. The van der Waals surface area contributed by atoms with Gasteiger partial charge in [0.15, 0.2) is 0 Å². The number of aliphatic hydroxyl groups is 2. The summed E-state index contributed by atoms with van der Waals surface area (Å²) in [5.74, 6) is -3.06. The molecule has 0 spiro atoms. The Bertz CT molecular complexity index is 974. The Morgan fingerprint density at radius 2 is 1.97 bits per heavy atom. The second-order valence-corrected chi connectivity index (χ2v) is 9.91. The van der Waals surface area contributed by atoms with Gasteiger partial charge in [0.25, 0.3) is 0 Å². The molecule has 0 aromatic heterocycles. The first-order valence-electron chi connectivity index (χ1n) is 15.9. The summed E-state index contributed by atoms with van der Waals surface area (Å²) < 4.78 is 70.5. The molecule has 2 nitrogen and oxygen atoms in total. The Morgan fingerprint density at radius 3 is 2.70 bits per heavy atom. The van der Waals surface area contributed by atoms with Gasteiger partial charge < -0.3 is 10.2 Å². The van der Waals surface area contributed by atoms with E-state index in [9.17, 15) is 10.2 Å². The van der Waals surface area contributed by atoms with Crippen LogP contribution in [0.15, 0.2) is 47.6 Å². The predicted molar refractivity (Wildman–Crippen MR) is 127 cm³/mol. The largest absolute Gasteiger partial charge is 0.393 e. The highest BCUT2D eigenvalue weighted by Crippen LogP contribution is 2.59. The van der Waals surface area contributed by atoms with Gasteiger partial charge in [-0.1, -0.05) is 70.9 Å². The second-order valence-electron chi connectivity index (χ2n) is 9.91. The van der Waals surface area contributed by atoms with Crippen molar-refractivity contribution < 1.29 is 22.5 Å². The third-order valence-corrected chi connectivity index (χ3v) is 7.92. The van der Waals surface area contributed by atoms with Crippen LogP contribution in [0.3, 0.4) is 0 Å². The van der Waals surface area contributed by atoms with Gasteiger partial charge in [0.05, 0.1) is 12.2 Å². The van der Waals surface area contributed by atoms with E-state index >= 15 is 0 Å². The maximum atomic E-state index is 10.2. The topological polar surface area (TPSA) is 40.5 Å². The van der Waals surface area contributed by atoms with Gasteiger partial charge in [0.2, 0.25) is 0 Å². The molecular weight excluding hydrogens is 368 g/mol. The van der Waals surface area contributed by atoms with Crippen LogP contribution in [-0.2, 0) is 0 Å². The van der Waals surface area contributed by atoms with Crippen LogP contribution in [0, 0.1) is 35.0 Å². The molecule has 3 saturated carbocycles. The van der Waals surface area contributed by atoms with Gasteiger partial charge >= 0.3 is 0 Å². The highest BCUT2D eigenvalue weighted by molar-refractivity contribution is 5.38. The molecule has 3 fully saturated rings. The van der Waals surface area contributed by atoms with Crippen LogP contribution in [0.4, 0.5) is 0 Å². The molecule has 0 aromatic carbocycles. The summed E-state index contributed by atoms with van der Waals surface area (Å²) in [4.78, 5) is 0. The molecule has 2 heteroatoms. The average molecular weight is 422 g/mol. The standard InChI is InChI=1S/C28H44O2/c1-18(2)19(3)9-10-20(4)25-13-14-26-22(8-7-15-28(25,26)6)11-12-23-16-24(29)17-27(30)21(23)5/h9-12,18-20,24-27,29-30H,5,7-8,13-17H2,1-4,6H3/b10-9+,22-11-,23-12+/t19-,20?,24+,25?,26-,27-,28+/m0/s1/i1D3,2D3,3D3. The van der Waals surface area contributed by atoms with E-state index in [4.69, 9.17) is 12.3 Å². The van der Waals surface area contributed by atoms with Crippen molar-refractivity contribution in [1.82, 2.24) is 0 Å². The van der Waals surface area contributed by atoms with E-state index in [0.717, 1.165) is 37.7 Å². The molecule has 2 N–H and O–H groups in total. The average Bonchev–Trinajstić information content (AvgIpc) is 3.12. The van der Waals surface area contributed by atoms with E-state index in [2.05, 4.69) is 19.6 Å². The molecule has 0 bridgehead atoms. The molecule has 0 aromatic rings. The molecule has 3 rings (SSSR count). The number of rotatable bonds is 5. The minimum Gasteiger partial charge on any atom is -0.393 e. The second kappa shape index (κ2) is 9.57. The fourth-order valence-corrected chi connectivity index (χ4v) is 6.15. The van der Waals surface area contributed by atoms with Crippen LogP contribution in [0.1, 0.15) is 91.7 Å². The number of aliphatic hydroxyl groups excluding tert-OH is 2. The molecule has 7 atom stereocenters. The number of fused-ring (bicyclic) bond motifs is 1. The van der Waals surface area contributed by atoms with Crippen LogP contribution in [0.2, 0.25) is 0 Å². The zero-order valence-electron chi connectivity index (χ0n) is 27.4. The van der Waals surface area contributed by atoms with Crippen molar-refractivity contribution in [2.45, 2.75) is 91.6 Å². The smallest absolute Gasteiger partial charge is 0.0811 e. The molecule has 2 unspecified atom stereocenters. The molecule has 0 radical (unpaired) electrons. The Labute approximate surface area is 197 Å². The number of allylic oxidation sites excluding steroid dienone is 5. The summed E-state index contributed by atoms with van der Waals surface area (Å²) >= 11 is 0. The lowest BCUT2D eigenvalue weighted by Crippen LogP contribution is -2.35. The van der Waals surface area contributed by atoms with Crippen molar-refractivity contribution in [2.24, 2.45) is 35.0 Å². The van der Waals surface area contributed by atoms with Gasteiger partial charge in [-0.05, 0) is 84.7 Å². The molecule has 3 aliphatic rings. The Balaban J connectivity index is 1.85. The van der Waals surface area contributed by atoms with Gasteiger partial charge in [-0.3, -0.25) is 0 Å². The van der Waals surface area contributed by atoms with Gasteiger partial charge in [0.1, 0.15) is 0 Å². The highest BCUT2D eigenvalue weighted by Gasteiger charge is 2.50. The predicted octanol–water partition coefficient (Wildman–Crippen LogP) is 6.61. The lowest BCUT2D eigenvalue weighted by atomic mass is 9.61. The normalized spacial score (nSPS) is 45.5. The van der Waals surface area contributed by atoms with E-state index in [1.807, 2.05) is 13.0 Å². The lowest BCUT2D eigenvalue weighted by molar-refractivity contribution is 0.0862. The highest BCUT2D eigenvalue weighted by atomic mass is 16.3. The third-order valence-electron chi connectivity index (χ3n) is 7.92. The first-order valence-corrected chi connectivity index (χ1v) is 11.4. The fourth-order valence-electron chi connectivity index (χ4n) is 6.15. The quantitative estimate of drug-likeness (QED) is 0.490. The first kappa shape index (κ1) is 14.1. The van der Waals surface area contributed by atoms with Crippen molar-refractivity contribution in [3.63, 3.8) is 0 Å². The summed E-state index contributed by atoms with van der Waals surface area (Å²) in [5, 5.41) is 20.3. The van der Waals surface area contributed by atoms with Crippen LogP contribution in [0.5, 0.6) is 0 Å². The maximum absolute atomic E-state index is 10.2. The number of hydrogen-bond donors (Lipinski definition) is 2. The van der Waals surface area contributed by atoms with E-state index in [0.29, 0.717) is 24.3 Å². The van der Waals surface area contributed by atoms with Crippen LogP contribution in [-0.4, -0.2) is 22.4 Å². The molecular formula is C28H44O2. The minimum absolute atomic E-state index is 0.0299. The molecule has 3 aliphatic carbocycles. The zero-order chi connectivity index (χ0) is 29.6. The van der Waals surface area contributed by atoms with Gasteiger partial charge in [0, 0.05) is 18.8 Å². The molecule has 30 heavy (non-hydrogen) atoms. The van der Waals surface area contributed by atoms with E-state index in [1.165, 1.54) is 11.6 Å². The van der Waals surface area contributed by atoms with Crippen molar-refractivity contribution in [2.75, 3.05) is 0 Å². The Hall–Kier alpha value is -1.12. The zero-order valence-corrected chi connectivity index (χ0v) is 18.4. The fraction of sp³-hybridized carbons (Fsp3) is 0.714. The third kappa shape index (κ3) is 4.86. The summed E-state index contributed by atoms with van der Waals surface area (Å²) in [6.07, 6.45) is 11.6. The van der Waals surface area contributed by atoms with E-state index in [-0.39, 0.29) is 17.3 Å². The summed E-state index contributed by atoms with van der Waals surface area (Å²) in [6.45, 7) is -0.328. The SMILES string of the molecule is [2H]C([2H])([2H])C([C@H](/C=C/C(C)C1CC[C@H]2/C(=C\C=C3/C[C@@H](O)C[C@H](O)C3=C)CCC[C@]12C)C([2H])([2H])[2H])C([2H])([2H])[2H]. The summed E-state index contributed by atoms with van der Waals surface area (Å²) in [6, 6.07) is 0. The van der Waals surface area contributed by atoms with Crippen molar-refractivity contribution >= 4 is 0 Å². The molecule has 0 saturated heterocycles. The van der Waals surface area contributed by atoms with Crippen LogP contribution < -0.4 is 0 Å². The van der Waals surface area contributed by atoms with Gasteiger partial charge in [-0.2, -0.15) is 0 Å². The molecule has 0 heterocycles. The Morgan fingerprint density at radius 1 is 1.17 bits per heavy atom. The van der Waals surface area contributed by atoms with Crippen molar-refractivity contribution in [1.29, 1.82) is 0 Å². The number of hydrogen-bond acceptors (Lipinski definition) is 2. The van der Waals surface area contributed by atoms with E-state index in [1.54, 1.807) is 6.08 Å². The van der Waals surface area contributed by atoms with Crippen LogP contribution >= 0.6 is 0 Å². The van der Waals surface area contributed by atoms with Crippen molar-refractivity contribution in [3.05, 3.63) is 47.6 Å². The van der Waals surface area contributed by atoms with Crippen LogP contribution in [0.25, 0.3) is 0 Å². The van der Waals surface area contributed by atoms with Gasteiger partial charge in [-0.15, -0.1) is 0 Å². The first-order chi connectivity index (χ1) is 17.8. The maximum Gasteiger partial charge on any atom is 0.0811 e. The Kier molecular flexibility index (Phi) is 4.50. The molecule has 0 aliphatic heterocycles. The van der Waals surface area contributed by atoms with E-state index < -0.39 is 44.6 Å². The summed E-state index contributed by atoms with van der Waals surface area (Å²) in [7, 11) is 0. The lowest BCUT2D eigenvalue weighted by Gasteiger charge is -2.44. The summed E-state index contributed by atoms with van der Waals surface area (Å²) in [5.41, 5.74) is 2.84. The molecule has 0 amide bonds. The van der Waals surface area contributed by atoms with Gasteiger partial charge in [-0.25, -0.2) is 0 Å². The molecule has 168 valence electrons. The monoisotopic (exact) mass is 421 g/mol. The van der Waals surface area contributed by atoms with Crippen molar-refractivity contribution in [3.8, 4) is 0 Å².